The fraction of sp³-hybridized carbons (Fsp3) is 1.00. The molecule has 0 radical (unpaired) electrons. The number of halogens is 4. The van der Waals surface area contributed by atoms with Crippen LogP contribution in [0.5, 0.6) is 0 Å². The van der Waals surface area contributed by atoms with E-state index in [9.17, 15) is 8.39 Å². The zero-order chi connectivity index (χ0) is 8.58. The molecule has 0 heterocycles. The molecule has 0 atom stereocenters. The lowest BCUT2D eigenvalue weighted by Gasteiger charge is -2.20. The lowest BCUT2D eigenvalue weighted by molar-refractivity contribution is 0.650. The van der Waals surface area contributed by atoms with Gasteiger partial charge in [0.25, 0.3) is 0 Å². The molecule has 10 heavy (non-hydrogen) atoms. The van der Waals surface area contributed by atoms with Crippen molar-refractivity contribution in [3.63, 3.8) is 0 Å². The quantitative estimate of drug-likeness (QED) is 0.698. The molecule has 0 aliphatic rings. The molecule has 0 rings (SSSR count). The zero-order valence-electron chi connectivity index (χ0n) is 4.67. The summed E-state index contributed by atoms with van der Waals surface area (Å²) in [5, 5.41) is 0. The maximum Gasteiger partial charge on any atom is 0.347 e. The summed E-state index contributed by atoms with van der Waals surface area (Å²) in [5.41, 5.74) is 0. The molecule has 0 spiro atoms. The van der Waals surface area contributed by atoms with Gasteiger partial charge in [0, 0.05) is 7.05 Å². The molecular formula is CH3Cl2F2NP2S2. The Balaban J connectivity index is 4.56. The number of hydrogen-bond donors (Lipinski definition) is 0. The van der Waals surface area contributed by atoms with Crippen molar-refractivity contribution < 1.29 is 8.39 Å². The lowest BCUT2D eigenvalue weighted by Crippen LogP contribution is -1.99. The van der Waals surface area contributed by atoms with Gasteiger partial charge in [0.15, 0.2) is 4.89 Å². The van der Waals surface area contributed by atoms with Crippen LogP contribution < -0.4 is 0 Å². The average molecular weight is 264 g/mol. The molecule has 0 bridgehead atoms. The standard InChI is InChI=1S/CH3Cl2F2NP2S2/c1-6(7(2,3)9)8(4,5)10/h1H3. The molecule has 1 nitrogen and oxygen atoms in total. The van der Waals surface area contributed by atoms with Gasteiger partial charge in [0.05, 0.1) is 0 Å². The van der Waals surface area contributed by atoms with E-state index >= 15 is 0 Å². The minimum atomic E-state index is -4.53. The molecule has 0 fully saturated rings. The Labute approximate surface area is 77.6 Å². The van der Waals surface area contributed by atoms with E-state index < -0.39 is 11.7 Å². The second kappa shape index (κ2) is 3.61. The topological polar surface area (TPSA) is 3.24 Å². The molecule has 62 valence electrons. The van der Waals surface area contributed by atoms with Gasteiger partial charge in [-0.05, 0) is 23.6 Å². The van der Waals surface area contributed by atoms with Crippen LogP contribution in [0.2, 0.25) is 0 Å². The highest BCUT2D eigenvalue weighted by molar-refractivity contribution is 8.40. The Morgan fingerprint density at radius 2 is 1.60 bits per heavy atom. The molecule has 0 N–H and O–H groups in total. The van der Waals surface area contributed by atoms with Gasteiger partial charge in [-0.3, -0.25) is 0 Å². The van der Waals surface area contributed by atoms with Crippen LogP contribution in [0.4, 0.5) is 8.39 Å². The number of rotatable bonds is 2. The van der Waals surface area contributed by atoms with Crippen molar-refractivity contribution in [3.05, 3.63) is 0 Å². The first-order chi connectivity index (χ1) is 4.15. The molecule has 0 saturated heterocycles. The van der Waals surface area contributed by atoms with E-state index in [1.807, 2.05) is 0 Å². The van der Waals surface area contributed by atoms with Crippen molar-refractivity contribution in [2.24, 2.45) is 0 Å². The first-order valence-corrected chi connectivity index (χ1v) is 8.99. The van der Waals surface area contributed by atoms with E-state index in [-0.39, 0.29) is 0 Å². The summed E-state index contributed by atoms with van der Waals surface area (Å²) >= 11 is 18.8. The molecule has 0 unspecified atom stereocenters. The summed E-state index contributed by atoms with van der Waals surface area (Å²) in [6.07, 6.45) is 0. The number of nitrogens with zero attached hydrogens (tertiary/aromatic N) is 1. The van der Waals surface area contributed by atoms with Crippen molar-refractivity contribution in [1.82, 2.24) is 4.44 Å². The molecule has 9 heteroatoms. The molecule has 0 aromatic rings. The normalized spacial score (nSPS) is 14.2. The van der Waals surface area contributed by atoms with E-state index in [1.54, 1.807) is 0 Å². The van der Waals surface area contributed by atoms with Gasteiger partial charge in [0.1, 0.15) is 0 Å². The summed E-state index contributed by atoms with van der Waals surface area (Å²) in [4.78, 5) is -3.07. The van der Waals surface area contributed by atoms with Crippen LogP contribution in [0.25, 0.3) is 0 Å². The monoisotopic (exact) mass is 263 g/mol. The fourth-order valence-electron chi connectivity index (χ4n) is 0.121. The van der Waals surface area contributed by atoms with Crippen LogP contribution in [-0.2, 0) is 23.6 Å². The van der Waals surface area contributed by atoms with Crippen molar-refractivity contribution >= 4 is 57.8 Å². The predicted octanol–water partition coefficient (Wildman–Crippen LogP) is 3.78. The highest BCUT2D eigenvalue weighted by Gasteiger charge is 2.30. The van der Waals surface area contributed by atoms with Gasteiger partial charge in [-0.2, -0.15) is 12.8 Å². The predicted molar refractivity (Wildman–Crippen MR) is 50.3 cm³/mol. The maximum atomic E-state index is 12.3. The maximum absolute atomic E-state index is 12.3. The Hall–Kier alpha value is 1.70. The molecule has 0 aromatic carbocycles. The second-order valence-electron chi connectivity index (χ2n) is 1.36. The van der Waals surface area contributed by atoms with Gasteiger partial charge in [-0.1, -0.05) is 22.5 Å². The van der Waals surface area contributed by atoms with E-state index in [1.165, 1.54) is 0 Å². The summed E-state index contributed by atoms with van der Waals surface area (Å²) in [6, 6.07) is 0. The van der Waals surface area contributed by atoms with Crippen LogP contribution in [0.3, 0.4) is 0 Å². The van der Waals surface area contributed by atoms with Crippen LogP contribution in [0.15, 0.2) is 0 Å². The van der Waals surface area contributed by atoms with Crippen LogP contribution >= 0.6 is 34.2 Å². The summed E-state index contributed by atoms with van der Waals surface area (Å²) in [5.74, 6) is 0. The van der Waals surface area contributed by atoms with Gasteiger partial charge >= 0.3 is 6.81 Å². The summed E-state index contributed by atoms with van der Waals surface area (Å²) in [7, 11) is 1.04. The lowest BCUT2D eigenvalue weighted by atomic mass is 11.6. The molecule has 0 aliphatic heterocycles. The molecule has 0 aliphatic carbocycles. The van der Waals surface area contributed by atoms with Crippen molar-refractivity contribution in [1.29, 1.82) is 0 Å². The van der Waals surface area contributed by atoms with Crippen molar-refractivity contribution in [2.75, 3.05) is 7.05 Å². The van der Waals surface area contributed by atoms with E-state index in [0.717, 1.165) is 7.05 Å². The van der Waals surface area contributed by atoms with E-state index in [4.69, 9.17) is 22.5 Å². The minimum Gasteiger partial charge on any atom is -0.174 e. The van der Waals surface area contributed by atoms with Crippen molar-refractivity contribution in [3.8, 4) is 0 Å². The average Bonchev–Trinajstić information content (AvgIpc) is 1.59. The number of hydrogen-bond acceptors (Lipinski definition) is 2. The van der Waals surface area contributed by atoms with Gasteiger partial charge < -0.3 is 0 Å². The van der Waals surface area contributed by atoms with Gasteiger partial charge in [0.2, 0.25) is 0 Å². The van der Waals surface area contributed by atoms with E-state index in [2.05, 4.69) is 23.6 Å². The molecule has 0 saturated carbocycles. The van der Waals surface area contributed by atoms with Gasteiger partial charge in [-0.25, -0.2) is 0 Å². The minimum absolute atomic E-state index is 0.424. The third-order valence-corrected chi connectivity index (χ3v) is 7.69. The van der Waals surface area contributed by atoms with Crippen LogP contribution in [-0.4, -0.2) is 11.5 Å². The summed E-state index contributed by atoms with van der Waals surface area (Å²) < 4.78 is 24.9. The third-order valence-electron chi connectivity index (χ3n) is 0.674. The van der Waals surface area contributed by atoms with Gasteiger partial charge in [-0.15, -0.1) is 0 Å². The smallest absolute Gasteiger partial charge is 0.174 e. The SMILES string of the molecule is CN(P(F)(F)=S)P(=S)(Cl)Cl. The largest absolute Gasteiger partial charge is 0.347 e. The first kappa shape index (κ1) is 11.7. The highest BCUT2D eigenvalue weighted by atomic mass is 35.9. The Morgan fingerprint density at radius 1 is 1.30 bits per heavy atom. The highest BCUT2D eigenvalue weighted by Crippen LogP contribution is 2.72. The Morgan fingerprint density at radius 3 is 1.60 bits per heavy atom. The van der Waals surface area contributed by atoms with Crippen LogP contribution in [0, 0.1) is 0 Å². The fourth-order valence-corrected chi connectivity index (χ4v) is 5.57. The molecular weight excluding hydrogens is 261 g/mol. The molecule has 0 amide bonds. The third kappa shape index (κ3) is 3.91. The van der Waals surface area contributed by atoms with Crippen molar-refractivity contribution in [2.45, 2.75) is 0 Å². The zero-order valence-corrected chi connectivity index (χ0v) is 9.60. The Bertz CT molecular complexity index is 187. The first-order valence-electron chi connectivity index (χ1n) is 1.89. The Kier molecular flexibility index (Phi) is 4.22. The second-order valence-corrected chi connectivity index (χ2v) is 12.2. The summed E-state index contributed by atoms with van der Waals surface area (Å²) in [6.45, 7) is -4.53. The van der Waals surface area contributed by atoms with E-state index in [0.29, 0.717) is 4.44 Å². The van der Waals surface area contributed by atoms with Crippen LogP contribution in [0.1, 0.15) is 0 Å². The molecule has 0 aromatic heterocycles.